The first-order valence-electron chi connectivity index (χ1n) is 6.29. The van der Waals surface area contributed by atoms with Crippen molar-refractivity contribution >= 4 is 0 Å². The summed E-state index contributed by atoms with van der Waals surface area (Å²) in [4.78, 5) is 4.20. The Morgan fingerprint density at radius 2 is 2.38 bits per heavy atom. The van der Waals surface area contributed by atoms with E-state index >= 15 is 0 Å². The SMILES string of the molecule is CC1CCCC(CNCc2ncn(C)n2)C1. The average Bonchev–Trinajstić information content (AvgIpc) is 2.64. The second-order valence-corrected chi connectivity index (χ2v) is 5.10. The first-order valence-corrected chi connectivity index (χ1v) is 6.29. The Labute approximate surface area is 97.5 Å². The van der Waals surface area contributed by atoms with Crippen molar-refractivity contribution in [3.63, 3.8) is 0 Å². The minimum Gasteiger partial charge on any atom is -0.310 e. The van der Waals surface area contributed by atoms with Gasteiger partial charge in [-0.2, -0.15) is 5.10 Å². The number of hydrogen-bond donors (Lipinski definition) is 1. The Hall–Kier alpha value is -0.900. The van der Waals surface area contributed by atoms with Gasteiger partial charge < -0.3 is 5.32 Å². The van der Waals surface area contributed by atoms with Gasteiger partial charge in [0.15, 0.2) is 5.82 Å². The maximum atomic E-state index is 4.25. The molecule has 1 aromatic heterocycles. The molecular formula is C12H22N4. The van der Waals surface area contributed by atoms with Crippen LogP contribution in [0.15, 0.2) is 6.33 Å². The van der Waals surface area contributed by atoms with Gasteiger partial charge in [-0.05, 0) is 31.2 Å². The Morgan fingerprint density at radius 3 is 3.06 bits per heavy atom. The smallest absolute Gasteiger partial charge is 0.164 e. The number of aromatic nitrogens is 3. The molecule has 0 aliphatic heterocycles. The minimum absolute atomic E-state index is 0.797. The molecule has 4 heteroatoms. The number of nitrogens with one attached hydrogen (secondary N) is 1. The third-order valence-corrected chi connectivity index (χ3v) is 3.41. The molecule has 0 saturated heterocycles. The fourth-order valence-electron chi connectivity index (χ4n) is 2.60. The highest BCUT2D eigenvalue weighted by atomic mass is 15.3. The number of hydrogen-bond acceptors (Lipinski definition) is 3. The summed E-state index contributed by atoms with van der Waals surface area (Å²) in [6, 6.07) is 0. The lowest BCUT2D eigenvalue weighted by Gasteiger charge is -2.26. The van der Waals surface area contributed by atoms with Gasteiger partial charge in [0, 0.05) is 7.05 Å². The second kappa shape index (κ2) is 5.43. The van der Waals surface area contributed by atoms with Gasteiger partial charge in [-0.15, -0.1) is 0 Å². The number of nitrogens with zero attached hydrogens (tertiary/aromatic N) is 3. The van der Waals surface area contributed by atoms with Crippen LogP contribution in [0.3, 0.4) is 0 Å². The first-order chi connectivity index (χ1) is 7.74. The Balaban J connectivity index is 1.67. The molecule has 1 N–H and O–H groups in total. The molecule has 1 saturated carbocycles. The summed E-state index contributed by atoms with van der Waals surface area (Å²) in [5.41, 5.74) is 0. The van der Waals surface area contributed by atoms with E-state index in [0.717, 1.165) is 30.7 Å². The Bertz CT molecular complexity index is 321. The lowest BCUT2D eigenvalue weighted by molar-refractivity contribution is 0.273. The van der Waals surface area contributed by atoms with Crippen molar-refractivity contribution in [3.05, 3.63) is 12.2 Å². The van der Waals surface area contributed by atoms with E-state index in [1.807, 2.05) is 7.05 Å². The van der Waals surface area contributed by atoms with E-state index in [4.69, 9.17) is 0 Å². The molecule has 0 spiro atoms. The van der Waals surface area contributed by atoms with E-state index in [-0.39, 0.29) is 0 Å². The molecule has 2 atom stereocenters. The molecule has 90 valence electrons. The van der Waals surface area contributed by atoms with Gasteiger partial charge in [-0.25, -0.2) is 4.98 Å². The molecule has 0 radical (unpaired) electrons. The van der Waals surface area contributed by atoms with Crippen LogP contribution in [0, 0.1) is 11.8 Å². The summed E-state index contributed by atoms with van der Waals surface area (Å²) in [5.74, 6) is 2.66. The first kappa shape index (κ1) is 11.6. The molecule has 1 aliphatic rings. The zero-order valence-electron chi connectivity index (χ0n) is 10.3. The van der Waals surface area contributed by atoms with Crippen molar-refractivity contribution in [2.24, 2.45) is 18.9 Å². The third kappa shape index (κ3) is 3.30. The van der Waals surface area contributed by atoms with Gasteiger partial charge >= 0.3 is 0 Å². The van der Waals surface area contributed by atoms with Crippen molar-refractivity contribution < 1.29 is 0 Å². The summed E-state index contributed by atoms with van der Waals surface area (Å²) < 4.78 is 1.75. The van der Waals surface area contributed by atoms with Crippen LogP contribution in [0.25, 0.3) is 0 Å². The standard InChI is InChI=1S/C12H22N4/c1-10-4-3-5-11(6-10)7-13-8-12-14-9-16(2)15-12/h9-11,13H,3-8H2,1-2H3. The van der Waals surface area contributed by atoms with Crippen molar-refractivity contribution in [2.75, 3.05) is 6.54 Å². The van der Waals surface area contributed by atoms with E-state index < -0.39 is 0 Å². The topological polar surface area (TPSA) is 42.7 Å². The Morgan fingerprint density at radius 1 is 1.50 bits per heavy atom. The number of rotatable bonds is 4. The summed E-state index contributed by atoms with van der Waals surface area (Å²) >= 11 is 0. The molecule has 4 nitrogen and oxygen atoms in total. The predicted octanol–water partition coefficient (Wildman–Crippen LogP) is 1.73. The van der Waals surface area contributed by atoms with Crippen LogP contribution in [0.2, 0.25) is 0 Å². The highest BCUT2D eigenvalue weighted by Gasteiger charge is 2.18. The van der Waals surface area contributed by atoms with Gasteiger partial charge in [-0.1, -0.05) is 19.8 Å². The van der Waals surface area contributed by atoms with E-state index in [0.29, 0.717) is 0 Å². The largest absolute Gasteiger partial charge is 0.310 e. The van der Waals surface area contributed by atoms with E-state index in [1.165, 1.54) is 25.7 Å². The van der Waals surface area contributed by atoms with Crippen LogP contribution in [-0.4, -0.2) is 21.3 Å². The van der Waals surface area contributed by atoms with Crippen LogP contribution in [0.1, 0.15) is 38.4 Å². The van der Waals surface area contributed by atoms with Crippen molar-refractivity contribution in [2.45, 2.75) is 39.2 Å². The minimum atomic E-state index is 0.797. The van der Waals surface area contributed by atoms with Crippen molar-refractivity contribution in [1.82, 2.24) is 20.1 Å². The van der Waals surface area contributed by atoms with Gasteiger partial charge in [-0.3, -0.25) is 4.68 Å². The van der Waals surface area contributed by atoms with Crippen LogP contribution >= 0.6 is 0 Å². The fourth-order valence-corrected chi connectivity index (χ4v) is 2.60. The van der Waals surface area contributed by atoms with Gasteiger partial charge in [0.25, 0.3) is 0 Å². The number of aryl methyl sites for hydroxylation is 1. The van der Waals surface area contributed by atoms with Crippen LogP contribution in [0.4, 0.5) is 0 Å². The highest BCUT2D eigenvalue weighted by molar-refractivity contribution is 4.81. The van der Waals surface area contributed by atoms with Crippen molar-refractivity contribution in [1.29, 1.82) is 0 Å². The molecular weight excluding hydrogens is 200 g/mol. The molecule has 0 amide bonds. The highest BCUT2D eigenvalue weighted by Crippen LogP contribution is 2.27. The van der Waals surface area contributed by atoms with Crippen LogP contribution in [0.5, 0.6) is 0 Å². The summed E-state index contributed by atoms with van der Waals surface area (Å²) in [7, 11) is 1.90. The second-order valence-electron chi connectivity index (χ2n) is 5.10. The van der Waals surface area contributed by atoms with Gasteiger partial charge in [0.2, 0.25) is 0 Å². The van der Waals surface area contributed by atoms with E-state index in [1.54, 1.807) is 11.0 Å². The predicted molar refractivity (Wildman–Crippen MR) is 63.8 cm³/mol. The normalized spacial score (nSPS) is 25.9. The van der Waals surface area contributed by atoms with E-state index in [2.05, 4.69) is 22.3 Å². The van der Waals surface area contributed by atoms with Crippen molar-refractivity contribution in [3.8, 4) is 0 Å². The molecule has 1 aromatic rings. The molecule has 2 unspecified atom stereocenters. The maximum Gasteiger partial charge on any atom is 0.164 e. The third-order valence-electron chi connectivity index (χ3n) is 3.41. The molecule has 16 heavy (non-hydrogen) atoms. The summed E-state index contributed by atoms with van der Waals surface area (Å²) in [5, 5.41) is 7.72. The zero-order valence-corrected chi connectivity index (χ0v) is 10.3. The maximum absolute atomic E-state index is 4.25. The summed E-state index contributed by atoms with van der Waals surface area (Å²) in [6.07, 6.45) is 7.32. The van der Waals surface area contributed by atoms with E-state index in [9.17, 15) is 0 Å². The van der Waals surface area contributed by atoms with Gasteiger partial charge in [0.05, 0.1) is 6.54 Å². The van der Waals surface area contributed by atoms with Crippen LogP contribution < -0.4 is 5.32 Å². The lowest BCUT2D eigenvalue weighted by Crippen LogP contribution is -2.26. The molecule has 1 fully saturated rings. The molecule has 2 rings (SSSR count). The molecule has 1 heterocycles. The van der Waals surface area contributed by atoms with Gasteiger partial charge in [0.1, 0.15) is 6.33 Å². The summed E-state index contributed by atoms with van der Waals surface area (Å²) in [6.45, 7) is 4.28. The monoisotopic (exact) mass is 222 g/mol. The Kier molecular flexibility index (Phi) is 3.93. The molecule has 1 aliphatic carbocycles. The lowest BCUT2D eigenvalue weighted by atomic mass is 9.82. The van der Waals surface area contributed by atoms with Crippen LogP contribution in [-0.2, 0) is 13.6 Å². The quantitative estimate of drug-likeness (QED) is 0.843. The zero-order chi connectivity index (χ0) is 11.4. The average molecular weight is 222 g/mol. The molecule has 0 aromatic carbocycles. The molecule has 0 bridgehead atoms. The fraction of sp³-hybridized carbons (Fsp3) is 0.833.